The molecule has 0 unspecified atom stereocenters. The summed E-state index contributed by atoms with van der Waals surface area (Å²) in [4.78, 5) is 0. The highest BCUT2D eigenvalue weighted by Crippen LogP contribution is 2.36. The van der Waals surface area contributed by atoms with Crippen LogP contribution in [0.2, 0.25) is 0 Å². The van der Waals surface area contributed by atoms with Crippen molar-refractivity contribution in [3.05, 3.63) is 35.4 Å². The molecular formula is C11H15NO. The van der Waals surface area contributed by atoms with E-state index in [2.05, 4.69) is 12.1 Å². The second-order valence-electron chi connectivity index (χ2n) is 3.54. The smallest absolute Gasteiger partial charge is 0.0825 e. The molecule has 2 heteroatoms. The highest BCUT2D eigenvalue weighted by Gasteiger charge is 2.23. The van der Waals surface area contributed by atoms with Crippen molar-refractivity contribution in [3.8, 4) is 0 Å². The second-order valence-corrected chi connectivity index (χ2v) is 3.54. The summed E-state index contributed by atoms with van der Waals surface area (Å²) in [6, 6.07) is 8.50. The summed E-state index contributed by atoms with van der Waals surface area (Å²) in [5.41, 5.74) is 8.53. The number of ether oxygens (including phenoxy) is 1. The van der Waals surface area contributed by atoms with Gasteiger partial charge < -0.3 is 10.5 Å². The Morgan fingerprint density at radius 1 is 1.23 bits per heavy atom. The first-order valence-corrected chi connectivity index (χ1v) is 4.70. The number of benzene rings is 1. The summed E-state index contributed by atoms with van der Waals surface area (Å²) in [6.45, 7) is 0. The quantitative estimate of drug-likeness (QED) is 0.713. The molecule has 0 heterocycles. The fourth-order valence-electron chi connectivity index (χ4n) is 2.03. The van der Waals surface area contributed by atoms with Gasteiger partial charge in [-0.25, -0.2) is 0 Å². The molecule has 0 spiro atoms. The van der Waals surface area contributed by atoms with Gasteiger partial charge >= 0.3 is 0 Å². The summed E-state index contributed by atoms with van der Waals surface area (Å²) < 4.78 is 5.41. The van der Waals surface area contributed by atoms with E-state index in [1.165, 1.54) is 11.1 Å². The maximum absolute atomic E-state index is 6.01. The summed E-state index contributed by atoms with van der Waals surface area (Å²) in [6.07, 6.45) is 2.31. The highest BCUT2D eigenvalue weighted by molar-refractivity contribution is 5.33. The van der Waals surface area contributed by atoms with Crippen molar-refractivity contribution in [2.24, 2.45) is 5.73 Å². The molecule has 2 nitrogen and oxygen atoms in total. The zero-order valence-electron chi connectivity index (χ0n) is 7.86. The van der Waals surface area contributed by atoms with E-state index in [0.29, 0.717) is 0 Å². The van der Waals surface area contributed by atoms with E-state index in [1.807, 2.05) is 12.1 Å². The van der Waals surface area contributed by atoms with Crippen molar-refractivity contribution in [2.75, 3.05) is 7.11 Å². The molecule has 2 atom stereocenters. The van der Waals surface area contributed by atoms with Gasteiger partial charge in [-0.3, -0.25) is 0 Å². The van der Waals surface area contributed by atoms with Gasteiger partial charge in [-0.15, -0.1) is 0 Å². The first-order valence-electron chi connectivity index (χ1n) is 4.70. The maximum Gasteiger partial charge on any atom is 0.0825 e. The number of hydrogen-bond acceptors (Lipinski definition) is 2. The molecule has 0 radical (unpaired) electrons. The van der Waals surface area contributed by atoms with Gasteiger partial charge in [0.2, 0.25) is 0 Å². The second kappa shape index (κ2) is 3.48. The zero-order valence-corrected chi connectivity index (χ0v) is 7.86. The fraction of sp³-hybridized carbons (Fsp3) is 0.455. The molecule has 1 aromatic rings. The van der Waals surface area contributed by atoms with Crippen molar-refractivity contribution in [2.45, 2.75) is 25.0 Å². The van der Waals surface area contributed by atoms with Gasteiger partial charge in [0.15, 0.2) is 0 Å². The molecule has 0 aromatic heterocycles. The van der Waals surface area contributed by atoms with E-state index >= 15 is 0 Å². The molecule has 70 valence electrons. The van der Waals surface area contributed by atoms with E-state index in [-0.39, 0.29) is 12.1 Å². The van der Waals surface area contributed by atoms with Crippen LogP contribution in [0.3, 0.4) is 0 Å². The minimum absolute atomic E-state index is 0.197. The number of hydrogen-bond donors (Lipinski definition) is 1. The van der Waals surface area contributed by atoms with Gasteiger partial charge in [-0.2, -0.15) is 0 Å². The fourth-order valence-corrected chi connectivity index (χ4v) is 2.03. The number of fused-ring (bicyclic) bond motifs is 1. The van der Waals surface area contributed by atoms with Crippen LogP contribution in [0.25, 0.3) is 0 Å². The molecule has 2 N–H and O–H groups in total. The average molecular weight is 177 g/mol. The monoisotopic (exact) mass is 177 g/mol. The van der Waals surface area contributed by atoms with Crippen LogP contribution in [0.5, 0.6) is 0 Å². The molecule has 0 fully saturated rings. The Labute approximate surface area is 78.7 Å². The lowest BCUT2D eigenvalue weighted by Gasteiger charge is -2.28. The van der Waals surface area contributed by atoms with Gasteiger partial charge in [0.1, 0.15) is 0 Å². The lowest BCUT2D eigenvalue weighted by atomic mass is 9.86. The molecule has 1 aliphatic rings. The van der Waals surface area contributed by atoms with E-state index in [9.17, 15) is 0 Å². The summed E-state index contributed by atoms with van der Waals surface area (Å²) in [5.74, 6) is 0. The predicted octanol–water partition coefficient (Wildman–Crippen LogP) is 2.17. The largest absolute Gasteiger partial charge is 0.377 e. The summed E-state index contributed by atoms with van der Waals surface area (Å²) in [5, 5.41) is 0. The third-order valence-electron chi connectivity index (χ3n) is 2.77. The molecule has 0 amide bonds. The van der Waals surface area contributed by atoms with Crippen molar-refractivity contribution in [3.63, 3.8) is 0 Å². The van der Waals surface area contributed by atoms with Crippen LogP contribution in [0.4, 0.5) is 0 Å². The molecule has 0 aliphatic heterocycles. The van der Waals surface area contributed by atoms with E-state index in [0.717, 1.165) is 12.8 Å². The molecule has 13 heavy (non-hydrogen) atoms. The van der Waals surface area contributed by atoms with Crippen LogP contribution >= 0.6 is 0 Å². The van der Waals surface area contributed by atoms with Crippen molar-refractivity contribution >= 4 is 0 Å². The maximum atomic E-state index is 6.01. The first kappa shape index (κ1) is 8.73. The Kier molecular flexibility index (Phi) is 2.34. The average Bonchev–Trinajstić information content (AvgIpc) is 2.19. The predicted molar refractivity (Wildman–Crippen MR) is 52.4 cm³/mol. The van der Waals surface area contributed by atoms with Gasteiger partial charge in [-0.1, -0.05) is 24.3 Å². The Morgan fingerprint density at radius 2 is 1.92 bits per heavy atom. The summed E-state index contributed by atoms with van der Waals surface area (Å²) in [7, 11) is 1.76. The Bertz CT molecular complexity index is 298. The van der Waals surface area contributed by atoms with Crippen LogP contribution < -0.4 is 5.73 Å². The van der Waals surface area contributed by atoms with Crippen molar-refractivity contribution < 1.29 is 4.74 Å². The molecule has 2 rings (SSSR count). The van der Waals surface area contributed by atoms with E-state index in [4.69, 9.17) is 10.5 Å². The van der Waals surface area contributed by atoms with E-state index < -0.39 is 0 Å². The summed E-state index contributed by atoms with van der Waals surface area (Å²) >= 11 is 0. The molecule has 1 aromatic carbocycles. The number of methoxy groups -OCH3 is 1. The number of nitrogens with two attached hydrogens (primary N) is 1. The lowest BCUT2D eigenvalue weighted by molar-refractivity contribution is 0.0845. The molecular weight excluding hydrogens is 162 g/mol. The zero-order chi connectivity index (χ0) is 9.26. The first-order chi connectivity index (χ1) is 6.33. The lowest BCUT2D eigenvalue weighted by Crippen LogP contribution is -2.21. The minimum Gasteiger partial charge on any atom is -0.377 e. The molecule has 0 bridgehead atoms. The minimum atomic E-state index is 0.197. The normalized spacial score (nSPS) is 26.9. The van der Waals surface area contributed by atoms with Crippen LogP contribution in [-0.2, 0) is 4.74 Å². The van der Waals surface area contributed by atoms with Gasteiger partial charge in [-0.05, 0) is 24.0 Å². The van der Waals surface area contributed by atoms with Crippen LogP contribution in [0.15, 0.2) is 24.3 Å². The van der Waals surface area contributed by atoms with Gasteiger partial charge in [0, 0.05) is 13.2 Å². The Morgan fingerprint density at radius 3 is 2.62 bits per heavy atom. The Hall–Kier alpha value is -0.860. The van der Waals surface area contributed by atoms with Gasteiger partial charge in [0.05, 0.1) is 6.10 Å². The molecule has 0 saturated carbocycles. The Balaban J connectivity index is 2.42. The molecule has 1 aliphatic carbocycles. The third-order valence-corrected chi connectivity index (χ3v) is 2.77. The standard InChI is InChI=1S/C11H15NO/c1-13-11-7-6-10(12)8-4-2-3-5-9(8)11/h2-5,10-11H,6-7,12H2,1H3/t10-,11-/m0/s1. The van der Waals surface area contributed by atoms with Crippen LogP contribution in [0.1, 0.15) is 36.1 Å². The van der Waals surface area contributed by atoms with Crippen molar-refractivity contribution in [1.82, 2.24) is 0 Å². The highest BCUT2D eigenvalue weighted by atomic mass is 16.5. The molecule has 0 saturated heterocycles. The SMILES string of the molecule is CO[C@H]1CC[C@H](N)c2ccccc21. The topological polar surface area (TPSA) is 35.2 Å². The third kappa shape index (κ3) is 1.47. The van der Waals surface area contributed by atoms with Gasteiger partial charge in [0.25, 0.3) is 0 Å². The van der Waals surface area contributed by atoms with Crippen LogP contribution in [0, 0.1) is 0 Å². The van der Waals surface area contributed by atoms with Crippen molar-refractivity contribution in [1.29, 1.82) is 0 Å². The van der Waals surface area contributed by atoms with Crippen LogP contribution in [-0.4, -0.2) is 7.11 Å². The van der Waals surface area contributed by atoms with E-state index in [1.54, 1.807) is 7.11 Å². The number of rotatable bonds is 1.